The maximum absolute atomic E-state index is 13.7. The molecule has 0 aliphatic carbocycles. The lowest BCUT2D eigenvalue weighted by Crippen LogP contribution is -2.41. The van der Waals surface area contributed by atoms with Crippen molar-refractivity contribution in [2.75, 3.05) is 6.61 Å². The minimum atomic E-state index is -4.04. The molecule has 1 aromatic carbocycles. The average molecular weight is 379 g/mol. The second-order valence-electron chi connectivity index (χ2n) is 3.62. The molecule has 0 fully saturated rings. The summed E-state index contributed by atoms with van der Waals surface area (Å²) in [6.07, 6.45) is 0. The van der Waals surface area contributed by atoms with Crippen LogP contribution in [0.5, 0.6) is 5.75 Å². The first-order valence-electron chi connectivity index (χ1n) is 5.20. The number of hydrogen-bond acceptors (Lipinski definition) is 4. The molecule has 0 saturated heterocycles. The number of aromatic hydroxyl groups is 1. The predicted molar refractivity (Wildman–Crippen MR) is 71.5 cm³/mol. The van der Waals surface area contributed by atoms with Crippen molar-refractivity contribution in [3.05, 3.63) is 28.0 Å². The first-order chi connectivity index (χ1) is 8.73. The minimum absolute atomic E-state index is 0. The van der Waals surface area contributed by atoms with Crippen molar-refractivity contribution < 1.29 is 27.8 Å². The monoisotopic (exact) mass is 377 g/mol. The maximum atomic E-state index is 13.7. The van der Waals surface area contributed by atoms with Gasteiger partial charge in [-0.05, 0) is 28.9 Å². The molecule has 0 bridgehead atoms. The molecule has 1 aromatic rings. The summed E-state index contributed by atoms with van der Waals surface area (Å²) in [7, 11) is 0. The lowest BCUT2D eigenvalue weighted by atomic mass is 10.0. The topological polar surface area (TPSA) is 72.5 Å². The molecular weight excluding hydrogens is 366 g/mol. The Morgan fingerprint density at radius 3 is 2.60 bits per heavy atom. The van der Waals surface area contributed by atoms with Gasteiger partial charge in [0.1, 0.15) is 17.6 Å². The molecule has 0 spiro atoms. The molecule has 9 heteroatoms. The highest BCUT2D eigenvalue weighted by molar-refractivity contribution is 9.10. The van der Waals surface area contributed by atoms with Crippen LogP contribution in [0, 0.1) is 5.82 Å². The van der Waals surface area contributed by atoms with Crippen molar-refractivity contribution in [2.45, 2.75) is 18.9 Å². The van der Waals surface area contributed by atoms with Crippen LogP contribution < -0.4 is 5.73 Å². The van der Waals surface area contributed by atoms with Gasteiger partial charge in [-0.2, -0.15) is 8.78 Å². The maximum Gasteiger partial charge on any atom is 0.379 e. The lowest BCUT2D eigenvalue weighted by molar-refractivity contribution is -0.174. The molecule has 1 rings (SSSR count). The Hall–Kier alpha value is -0.990. The summed E-state index contributed by atoms with van der Waals surface area (Å²) < 4.78 is 44.2. The van der Waals surface area contributed by atoms with Crippen molar-refractivity contribution in [2.24, 2.45) is 5.73 Å². The smallest absolute Gasteiger partial charge is 0.379 e. The van der Waals surface area contributed by atoms with Gasteiger partial charge >= 0.3 is 11.9 Å². The third kappa shape index (κ3) is 3.56. The van der Waals surface area contributed by atoms with Crippen LogP contribution in [0.25, 0.3) is 0 Å². The van der Waals surface area contributed by atoms with E-state index >= 15 is 0 Å². The molecule has 0 unspecified atom stereocenters. The van der Waals surface area contributed by atoms with Crippen LogP contribution in [0.15, 0.2) is 16.6 Å². The van der Waals surface area contributed by atoms with Crippen molar-refractivity contribution >= 4 is 34.3 Å². The largest absolute Gasteiger partial charge is 0.506 e. The number of halogens is 5. The van der Waals surface area contributed by atoms with Gasteiger partial charge < -0.3 is 15.6 Å². The van der Waals surface area contributed by atoms with Gasteiger partial charge in [0, 0.05) is 5.56 Å². The fraction of sp³-hybridized carbons (Fsp3) is 0.364. The molecule has 0 aromatic heterocycles. The summed E-state index contributed by atoms with van der Waals surface area (Å²) in [6, 6.07) is -0.420. The molecule has 3 N–H and O–H groups in total. The van der Waals surface area contributed by atoms with Crippen LogP contribution in [0.1, 0.15) is 18.5 Å². The molecule has 0 saturated carbocycles. The Morgan fingerprint density at radius 1 is 1.55 bits per heavy atom. The number of ether oxygens (including phenoxy) is 1. The minimum Gasteiger partial charge on any atom is -0.506 e. The molecule has 1 atom stereocenters. The highest BCUT2D eigenvalue weighted by Gasteiger charge is 2.48. The van der Waals surface area contributed by atoms with Crippen LogP contribution in [0.3, 0.4) is 0 Å². The van der Waals surface area contributed by atoms with E-state index in [1.165, 1.54) is 6.92 Å². The van der Waals surface area contributed by atoms with E-state index in [-0.39, 0.29) is 19.0 Å². The van der Waals surface area contributed by atoms with E-state index in [1.807, 2.05) is 0 Å². The molecular formula is C11H12BrClF3NO3. The van der Waals surface area contributed by atoms with Crippen molar-refractivity contribution in [1.29, 1.82) is 0 Å². The summed E-state index contributed by atoms with van der Waals surface area (Å²) in [5.41, 5.74) is 4.80. The second-order valence-corrected chi connectivity index (χ2v) is 4.41. The van der Waals surface area contributed by atoms with Gasteiger partial charge in [0.05, 0.1) is 11.1 Å². The number of esters is 1. The number of phenolic OH excluding ortho intramolecular Hbond substituents is 1. The summed E-state index contributed by atoms with van der Waals surface area (Å²) >= 11 is 2.69. The van der Waals surface area contributed by atoms with Crippen LogP contribution >= 0.6 is 28.3 Å². The Labute approximate surface area is 127 Å². The third-order valence-electron chi connectivity index (χ3n) is 2.37. The zero-order valence-corrected chi connectivity index (χ0v) is 12.6. The highest BCUT2D eigenvalue weighted by Crippen LogP contribution is 2.39. The predicted octanol–water partition coefficient (Wildman–Crippen LogP) is 2.91. The van der Waals surface area contributed by atoms with E-state index < -0.39 is 39.5 Å². The fourth-order valence-electron chi connectivity index (χ4n) is 1.36. The normalized spacial score (nSPS) is 12.5. The molecule has 0 aliphatic heterocycles. The van der Waals surface area contributed by atoms with Gasteiger partial charge in [0.15, 0.2) is 0 Å². The Kier molecular flexibility index (Phi) is 6.79. The number of nitrogens with two attached hydrogens (primary N) is 1. The SMILES string of the molecule is CCOC(=O)C(F)(F)[C@@H](N)c1ccc(F)c(Br)c1O.Cl. The molecule has 4 nitrogen and oxygen atoms in total. The Balaban J connectivity index is 0.00000361. The van der Waals surface area contributed by atoms with Gasteiger partial charge in [-0.3, -0.25) is 0 Å². The Bertz CT molecular complexity index is 502. The summed E-state index contributed by atoms with van der Waals surface area (Å²) in [5, 5.41) is 9.57. The highest BCUT2D eigenvalue weighted by atomic mass is 79.9. The van der Waals surface area contributed by atoms with Crippen molar-refractivity contribution in [1.82, 2.24) is 0 Å². The Morgan fingerprint density at radius 2 is 2.10 bits per heavy atom. The molecule has 0 radical (unpaired) electrons. The lowest BCUT2D eigenvalue weighted by Gasteiger charge is -2.22. The van der Waals surface area contributed by atoms with Crippen LogP contribution in [0.4, 0.5) is 13.2 Å². The molecule has 20 heavy (non-hydrogen) atoms. The number of phenols is 1. The number of carbonyl (C=O) groups is 1. The average Bonchev–Trinajstić information content (AvgIpc) is 2.35. The number of rotatable bonds is 4. The first kappa shape index (κ1) is 19.0. The van der Waals surface area contributed by atoms with E-state index in [2.05, 4.69) is 20.7 Å². The number of carbonyl (C=O) groups excluding carboxylic acids is 1. The van der Waals surface area contributed by atoms with Crippen molar-refractivity contribution in [3.63, 3.8) is 0 Å². The van der Waals surface area contributed by atoms with E-state index in [0.717, 1.165) is 12.1 Å². The van der Waals surface area contributed by atoms with E-state index in [0.29, 0.717) is 0 Å². The van der Waals surface area contributed by atoms with Crippen LogP contribution in [-0.2, 0) is 9.53 Å². The molecule has 0 aliphatic rings. The van der Waals surface area contributed by atoms with E-state index in [9.17, 15) is 23.1 Å². The van der Waals surface area contributed by atoms with E-state index in [1.54, 1.807) is 0 Å². The van der Waals surface area contributed by atoms with E-state index in [4.69, 9.17) is 5.73 Å². The number of benzene rings is 1. The van der Waals surface area contributed by atoms with Crippen LogP contribution in [0.2, 0.25) is 0 Å². The first-order valence-corrected chi connectivity index (χ1v) is 6.00. The van der Waals surface area contributed by atoms with Crippen LogP contribution in [-0.4, -0.2) is 23.6 Å². The van der Waals surface area contributed by atoms with Crippen molar-refractivity contribution in [3.8, 4) is 5.75 Å². The van der Waals surface area contributed by atoms with Gasteiger partial charge in [-0.1, -0.05) is 6.07 Å². The third-order valence-corrected chi connectivity index (χ3v) is 3.13. The quantitative estimate of drug-likeness (QED) is 0.790. The zero-order chi connectivity index (χ0) is 14.8. The summed E-state index contributed by atoms with van der Waals surface area (Å²) in [5.74, 6) is -7.46. The van der Waals surface area contributed by atoms with Gasteiger partial charge in [-0.25, -0.2) is 9.18 Å². The van der Waals surface area contributed by atoms with Gasteiger partial charge in [-0.15, -0.1) is 12.4 Å². The zero-order valence-electron chi connectivity index (χ0n) is 10.2. The standard InChI is InChI=1S/C11H11BrF3NO3.ClH/c1-2-19-10(18)11(14,15)9(16)5-3-4-6(13)7(12)8(5)17;/h3-4,9,17H,2,16H2,1H3;1H/t9-;/m0./s1. The summed E-state index contributed by atoms with van der Waals surface area (Å²) in [4.78, 5) is 11.1. The molecule has 0 amide bonds. The fourth-order valence-corrected chi connectivity index (χ4v) is 1.72. The van der Waals surface area contributed by atoms with Gasteiger partial charge in [0.2, 0.25) is 0 Å². The molecule has 114 valence electrons. The number of hydrogen-bond donors (Lipinski definition) is 2. The summed E-state index contributed by atoms with van der Waals surface area (Å²) in [6.45, 7) is 1.13. The van der Waals surface area contributed by atoms with Gasteiger partial charge in [0.25, 0.3) is 0 Å². The second kappa shape index (κ2) is 7.14. The number of alkyl halides is 2. The molecule has 0 heterocycles.